The van der Waals surface area contributed by atoms with E-state index >= 15 is 0 Å². The number of halogens is 2. The summed E-state index contributed by atoms with van der Waals surface area (Å²) in [5.41, 5.74) is 3.03. The Morgan fingerprint density at radius 3 is 2.38 bits per heavy atom. The van der Waals surface area contributed by atoms with E-state index in [9.17, 15) is 5.11 Å². The molecule has 132 valence electrons. The Morgan fingerprint density at radius 1 is 1.21 bits per heavy atom. The van der Waals surface area contributed by atoms with E-state index in [0.717, 1.165) is 23.0 Å². The third kappa shape index (κ3) is 5.08. The predicted molar refractivity (Wildman–Crippen MR) is 100 cm³/mol. The van der Waals surface area contributed by atoms with Gasteiger partial charge in [-0.2, -0.15) is 0 Å². The monoisotopic (exact) mass is 445 g/mol. The fraction of sp³-hybridized carbons (Fsp3) is 0.632. The van der Waals surface area contributed by atoms with Crippen LogP contribution in [0, 0.1) is 18.8 Å². The molecule has 5 heteroatoms. The number of aromatic hydroxyl groups is 1. The number of benzene rings is 1. The first-order valence-corrected chi connectivity index (χ1v) is 14.9. The third-order valence-electron chi connectivity index (χ3n) is 5.20. The summed E-state index contributed by atoms with van der Waals surface area (Å²) in [5.74, 6) is 2.11. The summed E-state index contributed by atoms with van der Waals surface area (Å²) in [7, 11) is 9.87. The molecule has 3 rings (SSSR count). The summed E-state index contributed by atoms with van der Waals surface area (Å²) in [6.45, 7) is 8.50. The Bertz CT molecular complexity index is 598. The van der Waals surface area contributed by atoms with Crippen molar-refractivity contribution >= 4 is 23.2 Å². The molecule has 2 fully saturated rings. The number of phenols is 1. The molecule has 1 aromatic carbocycles. The minimum absolute atomic E-state index is 0.0505. The first kappa shape index (κ1) is 20.5. The van der Waals surface area contributed by atoms with Gasteiger partial charge in [0.1, 0.15) is 5.75 Å². The van der Waals surface area contributed by atoms with Gasteiger partial charge in [0.25, 0.3) is 0 Å². The molecular weight excluding hydrogens is 420 g/mol. The number of rotatable bonds is 2. The number of fused-ring (bicyclic) bond motifs is 2. The molecule has 1 aromatic rings. The molecule has 2 nitrogen and oxygen atoms in total. The van der Waals surface area contributed by atoms with Gasteiger partial charge in [-0.1, -0.05) is 33.3 Å². The molecule has 24 heavy (non-hydrogen) atoms. The zero-order valence-electron chi connectivity index (χ0n) is 14.9. The van der Waals surface area contributed by atoms with Gasteiger partial charge in [0, 0.05) is 17.3 Å². The zero-order valence-corrected chi connectivity index (χ0v) is 18.9. The number of nitrogens with zero attached hydrogens (tertiary/aromatic N) is 1. The number of hydrogen-bond donors (Lipinski definition) is 1. The van der Waals surface area contributed by atoms with Gasteiger partial charge in [0.2, 0.25) is 0 Å². The number of phenolic OH excluding ortho intramolecular Hbond substituents is 1. The molecule has 0 radical (unpaired) electrons. The average molecular weight is 448 g/mol. The number of hydrogen-bond acceptors (Lipinski definition) is 2. The van der Waals surface area contributed by atoms with Gasteiger partial charge in [-0.05, 0) is 55.1 Å². The first-order valence-electron chi connectivity index (χ1n) is 8.59. The Labute approximate surface area is 164 Å². The van der Waals surface area contributed by atoms with E-state index in [1.165, 1.54) is 31.2 Å². The molecule has 0 aromatic heterocycles. The summed E-state index contributed by atoms with van der Waals surface area (Å²) in [5, 5.41) is 10.6. The normalized spacial score (nSPS) is 25.7. The van der Waals surface area contributed by atoms with Gasteiger partial charge < -0.3 is 5.11 Å². The Balaban J connectivity index is 0.000000647. The molecular formula is C19H27Cl2NOZr. The van der Waals surface area contributed by atoms with Crippen LogP contribution in [0.15, 0.2) is 17.1 Å². The van der Waals surface area contributed by atoms with Gasteiger partial charge >= 0.3 is 37.9 Å². The number of aryl methyl sites for hydroxylation is 1. The van der Waals surface area contributed by atoms with E-state index in [2.05, 4.69) is 33.8 Å². The first-order chi connectivity index (χ1) is 11.3. The van der Waals surface area contributed by atoms with Crippen LogP contribution in [-0.4, -0.2) is 17.4 Å². The summed E-state index contributed by atoms with van der Waals surface area (Å²) in [6, 6.07) is 4.62. The van der Waals surface area contributed by atoms with E-state index in [1.807, 2.05) is 12.3 Å². The summed E-state index contributed by atoms with van der Waals surface area (Å²) in [6.07, 6.45) is 7.29. The maximum absolute atomic E-state index is 10.6. The molecule has 0 spiro atoms. The van der Waals surface area contributed by atoms with Crippen molar-refractivity contribution in [2.24, 2.45) is 16.8 Å². The molecule has 3 atom stereocenters. The second kappa shape index (κ2) is 8.69. The minimum atomic E-state index is -0.826. The summed E-state index contributed by atoms with van der Waals surface area (Å²) in [4.78, 5) is 4.82. The van der Waals surface area contributed by atoms with Crippen LogP contribution in [0.2, 0.25) is 0 Å². The van der Waals surface area contributed by atoms with Crippen molar-refractivity contribution in [1.29, 1.82) is 0 Å². The molecule has 2 saturated carbocycles. The molecule has 0 amide bonds. The fourth-order valence-corrected chi connectivity index (χ4v) is 4.05. The van der Waals surface area contributed by atoms with Crippen LogP contribution in [0.1, 0.15) is 63.1 Å². The van der Waals surface area contributed by atoms with Gasteiger partial charge in [0.15, 0.2) is 0 Å². The Hall–Kier alpha value is 0.153. The second-order valence-corrected chi connectivity index (χ2v) is 11.8. The van der Waals surface area contributed by atoms with E-state index in [0.29, 0.717) is 11.8 Å². The maximum atomic E-state index is 10.6. The van der Waals surface area contributed by atoms with Crippen molar-refractivity contribution in [2.75, 3.05) is 0 Å². The summed E-state index contributed by atoms with van der Waals surface area (Å²) < 4.78 is 0. The average Bonchev–Trinajstić information content (AvgIpc) is 3.10. The van der Waals surface area contributed by atoms with Crippen molar-refractivity contribution < 1.29 is 26.0 Å². The standard InChI is InChI=1S/C19H27NO.2ClH.Zr/c1-12-7-15(18(21)16(8-12)19(2,3)4)11-20-17-10-13-5-6-14(17)9-13;;;/h7-8,11,13-14,17,21H,5-6,9-10H2,1-4H3;2*1H;/q;;;+2/p-2. The second-order valence-electron chi connectivity index (χ2n) is 8.09. The van der Waals surface area contributed by atoms with Crippen LogP contribution in [-0.2, 0) is 26.3 Å². The van der Waals surface area contributed by atoms with Gasteiger partial charge in [-0.3, -0.25) is 4.99 Å². The van der Waals surface area contributed by atoms with Crippen molar-refractivity contribution in [3.63, 3.8) is 0 Å². The Morgan fingerprint density at radius 2 is 1.88 bits per heavy atom. The molecule has 2 aliphatic rings. The zero-order chi connectivity index (χ0) is 17.9. The molecule has 0 heterocycles. The van der Waals surface area contributed by atoms with Gasteiger partial charge in [-0.15, -0.1) is 0 Å². The van der Waals surface area contributed by atoms with Crippen molar-refractivity contribution in [3.8, 4) is 5.75 Å². The van der Waals surface area contributed by atoms with Crippen LogP contribution in [0.25, 0.3) is 0 Å². The van der Waals surface area contributed by atoms with Crippen LogP contribution in [0.3, 0.4) is 0 Å². The quantitative estimate of drug-likeness (QED) is 0.556. The number of aliphatic imine (C=N–C) groups is 1. The van der Waals surface area contributed by atoms with Crippen LogP contribution in [0.5, 0.6) is 5.75 Å². The van der Waals surface area contributed by atoms with E-state index in [-0.39, 0.29) is 5.41 Å². The van der Waals surface area contributed by atoms with Crippen molar-refractivity contribution in [1.82, 2.24) is 0 Å². The topological polar surface area (TPSA) is 32.6 Å². The predicted octanol–water partition coefficient (Wildman–Crippen LogP) is 5.98. The van der Waals surface area contributed by atoms with Crippen LogP contribution in [0.4, 0.5) is 0 Å². The summed E-state index contributed by atoms with van der Waals surface area (Å²) >= 11 is -0.826. The molecule has 2 bridgehead atoms. The van der Waals surface area contributed by atoms with E-state index in [4.69, 9.17) is 22.0 Å². The molecule has 1 N–H and O–H groups in total. The van der Waals surface area contributed by atoms with Crippen molar-refractivity contribution in [3.05, 3.63) is 28.8 Å². The van der Waals surface area contributed by atoms with Crippen LogP contribution >= 0.6 is 17.0 Å². The van der Waals surface area contributed by atoms with Crippen molar-refractivity contribution in [2.45, 2.75) is 64.8 Å². The third-order valence-corrected chi connectivity index (χ3v) is 5.20. The molecule has 3 unspecified atom stereocenters. The Kier molecular flexibility index (Phi) is 7.41. The molecule has 0 saturated heterocycles. The van der Waals surface area contributed by atoms with Gasteiger partial charge in [-0.25, -0.2) is 0 Å². The SMILES string of the molecule is Cc1cc(C=NC2CC3CCC2C3)c(O)c(C(C)(C)C)c1.[Cl][Zr][Cl]. The van der Waals surface area contributed by atoms with Gasteiger partial charge in [0.05, 0.1) is 6.04 Å². The van der Waals surface area contributed by atoms with E-state index < -0.39 is 20.8 Å². The molecule has 2 aliphatic carbocycles. The fourth-order valence-electron chi connectivity index (χ4n) is 4.05. The van der Waals surface area contributed by atoms with Crippen LogP contribution < -0.4 is 0 Å². The molecule has 0 aliphatic heterocycles. The van der Waals surface area contributed by atoms with E-state index in [1.54, 1.807) is 0 Å².